The average molecular weight is 353 g/mol. The monoisotopic (exact) mass is 352 g/mol. The highest BCUT2D eigenvalue weighted by atomic mass is 35.5. The normalized spacial score (nSPS) is 11.8. The molecule has 4 nitrogen and oxygen atoms in total. The SMILES string of the molecule is NC(=O)c1ccc(Oc2ccc(C(N)c3ccccc3)cc2)c(Cl)c1. The largest absolute Gasteiger partial charge is 0.456 e. The molecule has 4 N–H and O–H groups in total. The second kappa shape index (κ2) is 7.38. The summed E-state index contributed by atoms with van der Waals surface area (Å²) in [6.45, 7) is 0. The first-order valence-electron chi connectivity index (χ1n) is 7.72. The van der Waals surface area contributed by atoms with Crippen LogP contribution < -0.4 is 16.2 Å². The first-order chi connectivity index (χ1) is 12.0. The smallest absolute Gasteiger partial charge is 0.248 e. The van der Waals surface area contributed by atoms with Crippen molar-refractivity contribution in [2.45, 2.75) is 6.04 Å². The van der Waals surface area contributed by atoms with Crippen molar-refractivity contribution in [1.82, 2.24) is 0 Å². The van der Waals surface area contributed by atoms with Crippen molar-refractivity contribution in [3.05, 3.63) is 94.5 Å². The molecule has 1 amide bonds. The molecule has 0 spiro atoms. The van der Waals surface area contributed by atoms with Gasteiger partial charge >= 0.3 is 0 Å². The predicted molar refractivity (Wildman–Crippen MR) is 99.0 cm³/mol. The van der Waals surface area contributed by atoms with E-state index in [1.165, 1.54) is 6.07 Å². The van der Waals surface area contributed by atoms with E-state index in [9.17, 15) is 4.79 Å². The molecule has 0 saturated carbocycles. The summed E-state index contributed by atoms with van der Waals surface area (Å²) in [6, 6.07) is 21.8. The van der Waals surface area contributed by atoms with Crippen LogP contribution in [-0.2, 0) is 0 Å². The van der Waals surface area contributed by atoms with E-state index in [0.717, 1.165) is 11.1 Å². The minimum Gasteiger partial charge on any atom is -0.456 e. The number of carbonyl (C=O) groups is 1. The Kier molecular flexibility index (Phi) is 5.03. The van der Waals surface area contributed by atoms with Crippen LogP contribution in [0.5, 0.6) is 11.5 Å². The molecule has 5 heteroatoms. The van der Waals surface area contributed by atoms with E-state index < -0.39 is 5.91 Å². The Hall–Kier alpha value is -2.82. The number of amides is 1. The van der Waals surface area contributed by atoms with Gasteiger partial charge in [-0.15, -0.1) is 0 Å². The summed E-state index contributed by atoms with van der Waals surface area (Å²) >= 11 is 6.13. The second-order valence-corrected chi connectivity index (χ2v) is 5.98. The zero-order chi connectivity index (χ0) is 17.8. The van der Waals surface area contributed by atoms with Crippen LogP contribution in [-0.4, -0.2) is 5.91 Å². The number of halogens is 1. The Morgan fingerprint density at radius 3 is 2.16 bits per heavy atom. The third-order valence-electron chi connectivity index (χ3n) is 3.84. The molecule has 1 atom stereocenters. The molecule has 0 aliphatic carbocycles. The van der Waals surface area contributed by atoms with Gasteiger partial charge in [-0.25, -0.2) is 0 Å². The molecule has 3 rings (SSSR count). The zero-order valence-corrected chi connectivity index (χ0v) is 14.1. The van der Waals surface area contributed by atoms with E-state index in [-0.39, 0.29) is 6.04 Å². The highest BCUT2D eigenvalue weighted by molar-refractivity contribution is 6.32. The third kappa shape index (κ3) is 3.99. The lowest BCUT2D eigenvalue weighted by Crippen LogP contribution is -2.11. The van der Waals surface area contributed by atoms with Crippen LogP contribution >= 0.6 is 11.6 Å². The van der Waals surface area contributed by atoms with Crippen molar-refractivity contribution in [3.63, 3.8) is 0 Å². The number of rotatable bonds is 5. The molecular formula is C20H17ClN2O2. The molecule has 3 aromatic carbocycles. The van der Waals surface area contributed by atoms with E-state index in [4.69, 9.17) is 27.8 Å². The fraction of sp³-hybridized carbons (Fsp3) is 0.0500. The van der Waals surface area contributed by atoms with Crippen LogP contribution in [0, 0.1) is 0 Å². The molecule has 0 saturated heterocycles. The lowest BCUT2D eigenvalue weighted by Gasteiger charge is -2.14. The van der Waals surface area contributed by atoms with Crippen molar-refractivity contribution in [2.24, 2.45) is 11.5 Å². The molecule has 25 heavy (non-hydrogen) atoms. The third-order valence-corrected chi connectivity index (χ3v) is 4.14. The van der Waals surface area contributed by atoms with Gasteiger partial charge < -0.3 is 16.2 Å². The van der Waals surface area contributed by atoms with Gasteiger partial charge in [-0.3, -0.25) is 4.79 Å². The van der Waals surface area contributed by atoms with Crippen LogP contribution in [0.25, 0.3) is 0 Å². The number of carbonyl (C=O) groups excluding carboxylic acids is 1. The highest BCUT2D eigenvalue weighted by Gasteiger charge is 2.10. The lowest BCUT2D eigenvalue weighted by molar-refractivity contribution is 0.100. The maximum Gasteiger partial charge on any atom is 0.248 e. The van der Waals surface area contributed by atoms with Crippen molar-refractivity contribution in [1.29, 1.82) is 0 Å². The van der Waals surface area contributed by atoms with Gasteiger partial charge in [0.1, 0.15) is 11.5 Å². The molecule has 0 aromatic heterocycles. The van der Waals surface area contributed by atoms with Gasteiger partial charge in [0.05, 0.1) is 11.1 Å². The summed E-state index contributed by atoms with van der Waals surface area (Å²) < 4.78 is 5.76. The molecular weight excluding hydrogens is 336 g/mol. The van der Waals surface area contributed by atoms with Crippen molar-refractivity contribution in [3.8, 4) is 11.5 Å². The number of nitrogens with two attached hydrogens (primary N) is 2. The number of benzene rings is 3. The first-order valence-corrected chi connectivity index (χ1v) is 8.10. The second-order valence-electron chi connectivity index (χ2n) is 5.57. The fourth-order valence-corrected chi connectivity index (χ4v) is 2.68. The minimum absolute atomic E-state index is 0.200. The number of primary amides is 1. The van der Waals surface area contributed by atoms with Gasteiger partial charge in [-0.2, -0.15) is 0 Å². The van der Waals surface area contributed by atoms with E-state index in [2.05, 4.69) is 0 Å². The Morgan fingerprint density at radius 2 is 1.56 bits per heavy atom. The molecule has 0 heterocycles. The summed E-state index contributed by atoms with van der Waals surface area (Å²) in [4.78, 5) is 11.2. The Morgan fingerprint density at radius 1 is 0.920 bits per heavy atom. The van der Waals surface area contributed by atoms with Crippen molar-refractivity contribution >= 4 is 17.5 Å². The summed E-state index contributed by atoms with van der Waals surface area (Å²) in [5.41, 5.74) is 13.9. The number of hydrogen-bond acceptors (Lipinski definition) is 3. The Labute approximate surface area is 151 Å². The highest BCUT2D eigenvalue weighted by Crippen LogP contribution is 2.31. The van der Waals surface area contributed by atoms with Gasteiger partial charge in [0, 0.05) is 5.56 Å². The van der Waals surface area contributed by atoms with Crippen LogP contribution in [0.2, 0.25) is 5.02 Å². The summed E-state index contributed by atoms with van der Waals surface area (Å²) in [6.07, 6.45) is 0. The first kappa shape index (κ1) is 17.0. The quantitative estimate of drug-likeness (QED) is 0.719. The van der Waals surface area contributed by atoms with Crippen molar-refractivity contribution < 1.29 is 9.53 Å². The fourth-order valence-electron chi connectivity index (χ4n) is 2.46. The maximum absolute atomic E-state index is 11.2. The Balaban J connectivity index is 1.76. The molecule has 3 aromatic rings. The molecule has 0 fully saturated rings. The van der Waals surface area contributed by atoms with Crippen LogP contribution in [0.15, 0.2) is 72.8 Å². The molecule has 0 bridgehead atoms. The van der Waals surface area contributed by atoms with Gasteiger partial charge in [-0.1, -0.05) is 54.1 Å². The Bertz CT molecular complexity index is 880. The van der Waals surface area contributed by atoms with E-state index in [0.29, 0.717) is 22.1 Å². The van der Waals surface area contributed by atoms with E-state index >= 15 is 0 Å². The van der Waals surface area contributed by atoms with Crippen LogP contribution in [0.3, 0.4) is 0 Å². The molecule has 1 unspecified atom stereocenters. The molecule has 0 aliphatic heterocycles. The number of hydrogen-bond donors (Lipinski definition) is 2. The average Bonchev–Trinajstić information content (AvgIpc) is 2.64. The molecule has 0 radical (unpaired) electrons. The topological polar surface area (TPSA) is 78.3 Å². The van der Waals surface area contributed by atoms with Crippen LogP contribution in [0.1, 0.15) is 27.5 Å². The van der Waals surface area contributed by atoms with Gasteiger partial charge in [0.25, 0.3) is 0 Å². The number of ether oxygens (including phenoxy) is 1. The van der Waals surface area contributed by atoms with Crippen LogP contribution in [0.4, 0.5) is 0 Å². The maximum atomic E-state index is 11.2. The summed E-state index contributed by atoms with van der Waals surface area (Å²) in [5.74, 6) is 0.539. The van der Waals surface area contributed by atoms with E-state index in [1.807, 2.05) is 54.6 Å². The summed E-state index contributed by atoms with van der Waals surface area (Å²) in [5, 5.41) is 0.321. The lowest BCUT2D eigenvalue weighted by atomic mass is 10.00. The summed E-state index contributed by atoms with van der Waals surface area (Å²) in [7, 11) is 0. The van der Waals surface area contributed by atoms with Gasteiger partial charge in [-0.05, 0) is 41.5 Å². The standard InChI is InChI=1S/C20H17ClN2O2/c21-17-12-15(20(23)24)8-11-18(17)25-16-9-6-14(7-10-16)19(22)13-4-2-1-3-5-13/h1-12,19H,22H2,(H2,23,24). The van der Waals surface area contributed by atoms with Crippen molar-refractivity contribution in [2.75, 3.05) is 0 Å². The van der Waals surface area contributed by atoms with Gasteiger partial charge in [0.15, 0.2) is 0 Å². The molecule has 0 aliphatic rings. The van der Waals surface area contributed by atoms with E-state index in [1.54, 1.807) is 12.1 Å². The van der Waals surface area contributed by atoms with Gasteiger partial charge in [0.2, 0.25) is 5.91 Å². The minimum atomic E-state index is -0.535. The predicted octanol–water partition coefficient (Wildman–Crippen LogP) is 4.28. The zero-order valence-electron chi connectivity index (χ0n) is 13.4. The molecule has 126 valence electrons.